The minimum Gasteiger partial charge on any atom is -0.454 e. The largest absolute Gasteiger partial charge is 0.454 e. The van der Waals surface area contributed by atoms with Gasteiger partial charge in [0.2, 0.25) is 0 Å². The molecule has 0 saturated carbocycles. The molecule has 0 aromatic heterocycles. The maximum absolute atomic E-state index is 12.9. The Morgan fingerprint density at radius 2 is 2.00 bits per heavy atom. The number of nitriles is 1. The molecule has 0 aliphatic heterocycles. The Kier molecular flexibility index (Phi) is 3.35. The molecule has 0 spiro atoms. The molecule has 0 amide bonds. The maximum atomic E-state index is 12.9. The summed E-state index contributed by atoms with van der Waals surface area (Å²) >= 11 is 5.87. The number of hydrogen-bond donors (Lipinski definition) is 1. The van der Waals surface area contributed by atoms with Crippen molar-refractivity contribution < 1.29 is 9.13 Å². The van der Waals surface area contributed by atoms with E-state index in [4.69, 9.17) is 27.3 Å². The first-order chi connectivity index (χ1) is 8.61. The van der Waals surface area contributed by atoms with Gasteiger partial charge < -0.3 is 10.5 Å². The van der Waals surface area contributed by atoms with Crippen LogP contribution in [0.3, 0.4) is 0 Å². The molecule has 0 fully saturated rings. The number of halogens is 2. The van der Waals surface area contributed by atoms with Gasteiger partial charge in [-0.1, -0.05) is 17.7 Å². The second-order valence-electron chi connectivity index (χ2n) is 3.51. The van der Waals surface area contributed by atoms with Gasteiger partial charge in [-0.05, 0) is 24.3 Å². The van der Waals surface area contributed by atoms with Crippen LogP contribution >= 0.6 is 11.6 Å². The van der Waals surface area contributed by atoms with Crippen molar-refractivity contribution >= 4 is 17.3 Å². The minimum absolute atomic E-state index is 0.152. The third kappa shape index (κ3) is 2.36. The highest BCUT2D eigenvalue weighted by atomic mass is 35.5. The van der Waals surface area contributed by atoms with Gasteiger partial charge in [-0.25, -0.2) is 4.39 Å². The predicted molar refractivity (Wildman–Crippen MR) is 67.1 cm³/mol. The standard InChI is InChI=1S/C13H8ClFN2O/c14-10-2-1-3-12(9(10)7-16)18-13-5-4-8(15)6-11(13)17/h1-6H,17H2. The zero-order valence-electron chi connectivity index (χ0n) is 9.15. The van der Waals surface area contributed by atoms with E-state index in [1.165, 1.54) is 12.1 Å². The molecule has 2 aromatic carbocycles. The molecule has 2 N–H and O–H groups in total. The number of benzene rings is 2. The Morgan fingerprint density at radius 1 is 1.22 bits per heavy atom. The highest BCUT2D eigenvalue weighted by Crippen LogP contribution is 2.32. The first-order valence-corrected chi connectivity index (χ1v) is 5.41. The smallest absolute Gasteiger partial charge is 0.150 e. The molecule has 0 bridgehead atoms. The van der Waals surface area contributed by atoms with Crippen LogP contribution in [0.25, 0.3) is 0 Å². The van der Waals surface area contributed by atoms with Crippen LogP contribution in [0.15, 0.2) is 36.4 Å². The Balaban J connectivity index is 2.41. The van der Waals surface area contributed by atoms with E-state index in [0.717, 1.165) is 6.07 Å². The highest BCUT2D eigenvalue weighted by molar-refractivity contribution is 6.31. The summed E-state index contributed by atoms with van der Waals surface area (Å²) in [6, 6.07) is 10.5. The zero-order valence-corrected chi connectivity index (χ0v) is 9.91. The Morgan fingerprint density at radius 3 is 2.67 bits per heavy atom. The van der Waals surface area contributed by atoms with Crippen LogP contribution in [0.2, 0.25) is 5.02 Å². The van der Waals surface area contributed by atoms with E-state index in [1.54, 1.807) is 18.2 Å². The van der Waals surface area contributed by atoms with Crippen molar-refractivity contribution in [3.8, 4) is 17.6 Å². The van der Waals surface area contributed by atoms with Crippen LogP contribution < -0.4 is 10.5 Å². The first kappa shape index (κ1) is 12.2. The van der Waals surface area contributed by atoms with Crippen LogP contribution in [0, 0.1) is 17.1 Å². The minimum atomic E-state index is -0.452. The zero-order chi connectivity index (χ0) is 13.1. The summed E-state index contributed by atoms with van der Waals surface area (Å²) in [5.41, 5.74) is 5.98. The number of nitrogen functional groups attached to an aromatic ring is 1. The fourth-order valence-electron chi connectivity index (χ4n) is 1.43. The van der Waals surface area contributed by atoms with Gasteiger partial charge >= 0.3 is 0 Å². The molecule has 2 rings (SSSR count). The van der Waals surface area contributed by atoms with Gasteiger partial charge in [0.25, 0.3) is 0 Å². The van der Waals surface area contributed by atoms with Gasteiger partial charge in [-0.2, -0.15) is 5.26 Å². The summed E-state index contributed by atoms with van der Waals surface area (Å²) in [5.74, 6) is 0.102. The van der Waals surface area contributed by atoms with E-state index in [2.05, 4.69) is 0 Å². The van der Waals surface area contributed by atoms with Crippen molar-refractivity contribution in [2.24, 2.45) is 0 Å². The maximum Gasteiger partial charge on any atom is 0.150 e. The van der Waals surface area contributed by atoms with Gasteiger partial charge in [-0.3, -0.25) is 0 Å². The average molecular weight is 263 g/mol. The lowest BCUT2D eigenvalue weighted by molar-refractivity contribution is 0.481. The van der Waals surface area contributed by atoms with E-state index in [9.17, 15) is 4.39 Å². The summed E-state index contributed by atoms with van der Waals surface area (Å²) in [6.45, 7) is 0. The third-order valence-electron chi connectivity index (χ3n) is 2.28. The fraction of sp³-hybridized carbons (Fsp3) is 0. The number of nitrogens with zero attached hydrogens (tertiary/aromatic N) is 1. The van der Waals surface area contributed by atoms with Crippen molar-refractivity contribution in [1.29, 1.82) is 5.26 Å². The number of nitrogens with two attached hydrogens (primary N) is 1. The molecule has 0 unspecified atom stereocenters. The highest BCUT2D eigenvalue weighted by Gasteiger charge is 2.10. The van der Waals surface area contributed by atoms with Crippen LogP contribution in [0.4, 0.5) is 10.1 Å². The lowest BCUT2D eigenvalue weighted by atomic mass is 10.2. The summed E-state index contributed by atoms with van der Waals surface area (Å²) in [6.07, 6.45) is 0. The molecular formula is C13H8ClFN2O. The van der Waals surface area contributed by atoms with Gasteiger partial charge in [0.1, 0.15) is 23.2 Å². The second kappa shape index (κ2) is 4.94. The SMILES string of the molecule is N#Cc1c(Cl)cccc1Oc1ccc(F)cc1N. The summed E-state index contributed by atoms with van der Waals surface area (Å²) < 4.78 is 18.4. The number of anilines is 1. The number of ether oxygens (including phenoxy) is 1. The topological polar surface area (TPSA) is 59.0 Å². The van der Waals surface area contributed by atoms with E-state index >= 15 is 0 Å². The Labute approximate surface area is 108 Å². The van der Waals surface area contributed by atoms with Crippen molar-refractivity contribution in [3.63, 3.8) is 0 Å². The van der Waals surface area contributed by atoms with Gasteiger partial charge in [0.05, 0.1) is 10.7 Å². The van der Waals surface area contributed by atoms with Gasteiger partial charge in [0.15, 0.2) is 5.75 Å². The predicted octanol–water partition coefficient (Wildman–Crippen LogP) is 3.73. The number of rotatable bonds is 2. The molecule has 0 atom stereocenters. The molecule has 0 aliphatic carbocycles. The monoisotopic (exact) mass is 262 g/mol. The van der Waals surface area contributed by atoms with Crippen molar-refractivity contribution in [3.05, 3.63) is 52.8 Å². The summed E-state index contributed by atoms with van der Waals surface area (Å²) in [7, 11) is 0. The van der Waals surface area contributed by atoms with Crippen LogP contribution in [-0.4, -0.2) is 0 Å². The van der Waals surface area contributed by atoms with Crippen LogP contribution in [-0.2, 0) is 0 Å². The normalized spacial score (nSPS) is 9.83. The Bertz CT molecular complexity index is 637. The molecule has 2 aromatic rings. The first-order valence-electron chi connectivity index (χ1n) is 5.03. The molecule has 0 heterocycles. The van der Waals surface area contributed by atoms with Crippen molar-refractivity contribution in [1.82, 2.24) is 0 Å². The molecule has 3 nitrogen and oxygen atoms in total. The van der Waals surface area contributed by atoms with Crippen molar-refractivity contribution in [2.75, 3.05) is 5.73 Å². The third-order valence-corrected chi connectivity index (χ3v) is 2.59. The number of hydrogen-bond acceptors (Lipinski definition) is 3. The van der Waals surface area contributed by atoms with E-state index < -0.39 is 5.82 Å². The summed E-state index contributed by atoms with van der Waals surface area (Å²) in [5, 5.41) is 9.27. The second-order valence-corrected chi connectivity index (χ2v) is 3.92. The lowest BCUT2D eigenvalue weighted by Gasteiger charge is -2.10. The van der Waals surface area contributed by atoms with E-state index in [0.29, 0.717) is 0 Å². The molecule has 90 valence electrons. The van der Waals surface area contributed by atoms with Crippen molar-refractivity contribution in [2.45, 2.75) is 0 Å². The molecule has 0 radical (unpaired) electrons. The quantitative estimate of drug-likeness (QED) is 0.839. The lowest BCUT2D eigenvalue weighted by Crippen LogP contribution is -1.94. The Hall–Kier alpha value is -2.25. The average Bonchev–Trinajstić information content (AvgIpc) is 2.33. The van der Waals surface area contributed by atoms with E-state index in [-0.39, 0.29) is 27.8 Å². The molecule has 0 saturated heterocycles. The fourth-order valence-corrected chi connectivity index (χ4v) is 1.64. The van der Waals surface area contributed by atoms with E-state index in [1.807, 2.05) is 6.07 Å². The molecular weight excluding hydrogens is 255 g/mol. The summed E-state index contributed by atoms with van der Waals surface area (Å²) in [4.78, 5) is 0. The van der Waals surface area contributed by atoms with Crippen LogP contribution in [0.1, 0.15) is 5.56 Å². The van der Waals surface area contributed by atoms with Gasteiger partial charge in [-0.15, -0.1) is 0 Å². The van der Waals surface area contributed by atoms with Gasteiger partial charge in [0, 0.05) is 6.07 Å². The molecule has 0 aliphatic rings. The molecule has 5 heteroatoms. The van der Waals surface area contributed by atoms with Crippen LogP contribution in [0.5, 0.6) is 11.5 Å². The molecule has 18 heavy (non-hydrogen) atoms.